The van der Waals surface area contributed by atoms with Crippen molar-refractivity contribution in [2.24, 2.45) is 0 Å². The molecule has 0 spiro atoms. The molecule has 0 saturated carbocycles. The monoisotopic (exact) mass is 156 g/mol. The van der Waals surface area contributed by atoms with Gasteiger partial charge in [0.15, 0.2) is 0 Å². The SMILES string of the molecule is O=C(OCCO)SCl. The second kappa shape index (κ2) is 5.21. The van der Waals surface area contributed by atoms with Crippen LogP contribution in [0.1, 0.15) is 0 Å². The number of carbonyl (C=O) groups excluding carboxylic acids is 1. The van der Waals surface area contributed by atoms with Gasteiger partial charge in [-0.1, -0.05) is 0 Å². The van der Waals surface area contributed by atoms with Crippen molar-refractivity contribution in [3.8, 4) is 0 Å². The Morgan fingerprint density at radius 1 is 1.88 bits per heavy atom. The van der Waals surface area contributed by atoms with Crippen molar-refractivity contribution < 1.29 is 14.6 Å². The van der Waals surface area contributed by atoms with Gasteiger partial charge in [0.2, 0.25) is 0 Å². The van der Waals surface area contributed by atoms with Gasteiger partial charge in [0.05, 0.1) is 17.6 Å². The number of aliphatic hydroxyl groups excluding tert-OH is 1. The number of rotatable bonds is 2. The summed E-state index contributed by atoms with van der Waals surface area (Å²) in [6.07, 6.45) is 0. The average molecular weight is 157 g/mol. The number of carbonyl (C=O) groups is 1. The maximum absolute atomic E-state index is 10.1. The molecule has 0 aliphatic rings. The summed E-state index contributed by atoms with van der Waals surface area (Å²) < 4.78 is 4.28. The van der Waals surface area contributed by atoms with Gasteiger partial charge in [-0.05, 0) is 10.7 Å². The summed E-state index contributed by atoms with van der Waals surface area (Å²) in [5.74, 6) is 0. The molecule has 0 unspecified atom stereocenters. The van der Waals surface area contributed by atoms with Gasteiger partial charge in [-0.3, -0.25) is 0 Å². The first-order valence-corrected chi connectivity index (χ1v) is 3.51. The predicted octanol–water partition coefficient (Wildman–Crippen LogP) is 1.00. The third-order valence-electron chi connectivity index (χ3n) is 0.374. The van der Waals surface area contributed by atoms with E-state index in [0.29, 0.717) is 11.0 Å². The zero-order valence-electron chi connectivity index (χ0n) is 3.96. The van der Waals surface area contributed by atoms with Crippen LogP contribution in [0, 0.1) is 0 Å². The van der Waals surface area contributed by atoms with Gasteiger partial charge < -0.3 is 9.84 Å². The van der Waals surface area contributed by atoms with Gasteiger partial charge in [-0.15, -0.1) is 0 Å². The Bertz CT molecular complexity index is 76.9. The zero-order valence-corrected chi connectivity index (χ0v) is 5.54. The lowest BCUT2D eigenvalue weighted by Crippen LogP contribution is -2.00. The highest BCUT2D eigenvalue weighted by Crippen LogP contribution is 2.08. The zero-order chi connectivity index (χ0) is 6.41. The summed E-state index contributed by atoms with van der Waals surface area (Å²) >= 11 is 0. The Labute approximate surface area is 55.5 Å². The molecular formula is C3H5ClO3S. The van der Waals surface area contributed by atoms with E-state index in [-0.39, 0.29) is 13.2 Å². The highest BCUT2D eigenvalue weighted by molar-refractivity contribution is 8.32. The minimum atomic E-state index is -0.583. The highest BCUT2D eigenvalue weighted by Gasteiger charge is 1.97. The first-order chi connectivity index (χ1) is 3.81. The van der Waals surface area contributed by atoms with Crippen LogP contribution in [0.5, 0.6) is 0 Å². The first kappa shape index (κ1) is 8.07. The largest absolute Gasteiger partial charge is 0.454 e. The topological polar surface area (TPSA) is 46.5 Å². The molecule has 1 N–H and O–H groups in total. The maximum atomic E-state index is 10.1. The summed E-state index contributed by atoms with van der Waals surface area (Å²) in [4.78, 5) is 10.1. The predicted molar refractivity (Wildman–Crippen MR) is 31.9 cm³/mol. The molecule has 0 aliphatic heterocycles. The van der Waals surface area contributed by atoms with Crippen LogP contribution in [0.4, 0.5) is 4.79 Å². The van der Waals surface area contributed by atoms with E-state index < -0.39 is 5.30 Å². The summed E-state index contributed by atoms with van der Waals surface area (Å²) in [6, 6.07) is 0. The van der Waals surface area contributed by atoms with Crippen LogP contribution in [0.3, 0.4) is 0 Å². The van der Waals surface area contributed by atoms with Crippen LogP contribution in [-0.4, -0.2) is 23.6 Å². The van der Waals surface area contributed by atoms with E-state index in [1.54, 1.807) is 0 Å². The van der Waals surface area contributed by atoms with E-state index in [0.717, 1.165) is 0 Å². The molecule has 0 atom stereocenters. The summed E-state index contributed by atoms with van der Waals surface area (Å²) in [6.45, 7) is -0.151. The van der Waals surface area contributed by atoms with Crippen molar-refractivity contribution >= 4 is 27.0 Å². The maximum Gasteiger partial charge on any atom is 0.383 e. The van der Waals surface area contributed by atoms with Crippen LogP contribution >= 0.6 is 21.7 Å². The summed E-state index contributed by atoms with van der Waals surface area (Å²) in [5.41, 5.74) is 0. The molecule has 0 heterocycles. The molecule has 3 nitrogen and oxygen atoms in total. The lowest BCUT2D eigenvalue weighted by atomic mass is 10.8. The Morgan fingerprint density at radius 3 is 2.88 bits per heavy atom. The van der Waals surface area contributed by atoms with E-state index in [4.69, 9.17) is 15.8 Å². The molecule has 8 heavy (non-hydrogen) atoms. The van der Waals surface area contributed by atoms with Crippen LogP contribution in [0.25, 0.3) is 0 Å². The van der Waals surface area contributed by atoms with Gasteiger partial charge >= 0.3 is 5.30 Å². The van der Waals surface area contributed by atoms with Crippen LogP contribution < -0.4 is 0 Å². The third kappa shape index (κ3) is 4.23. The molecule has 0 bridgehead atoms. The fourth-order valence-electron chi connectivity index (χ4n) is 0.151. The smallest absolute Gasteiger partial charge is 0.383 e. The quantitative estimate of drug-likeness (QED) is 0.606. The Hall–Kier alpha value is 0.0700. The Kier molecular flexibility index (Phi) is 5.26. The molecule has 0 aliphatic carbocycles. The normalized spacial score (nSPS) is 8.75. The first-order valence-electron chi connectivity index (χ1n) is 1.87. The fourth-order valence-corrected chi connectivity index (χ4v) is 0.413. The summed E-state index contributed by atoms with van der Waals surface area (Å²) in [5, 5.41) is 7.50. The third-order valence-corrected chi connectivity index (χ3v) is 0.996. The average Bonchev–Trinajstić information content (AvgIpc) is 1.83. The van der Waals surface area contributed by atoms with Crippen molar-refractivity contribution in [3.63, 3.8) is 0 Å². The molecule has 0 amide bonds. The second-order valence-corrected chi connectivity index (χ2v) is 1.85. The number of ether oxygens (including phenoxy) is 1. The molecule has 0 fully saturated rings. The molecule has 0 aromatic carbocycles. The van der Waals surface area contributed by atoms with E-state index in [2.05, 4.69) is 4.74 Å². The molecule has 0 radical (unpaired) electrons. The fraction of sp³-hybridized carbons (Fsp3) is 0.667. The lowest BCUT2D eigenvalue weighted by molar-refractivity contribution is 0.142. The van der Waals surface area contributed by atoms with Gasteiger partial charge in [0.25, 0.3) is 0 Å². The Morgan fingerprint density at radius 2 is 2.50 bits per heavy atom. The molecule has 0 rings (SSSR count). The van der Waals surface area contributed by atoms with Gasteiger partial charge in [-0.2, -0.15) is 0 Å². The number of aliphatic hydroxyl groups is 1. The second-order valence-electron chi connectivity index (χ2n) is 0.899. The highest BCUT2D eigenvalue weighted by atomic mass is 35.7. The van der Waals surface area contributed by atoms with Crippen LogP contribution in [0.2, 0.25) is 0 Å². The minimum Gasteiger partial charge on any atom is -0.454 e. The van der Waals surface area contributed by atoms with E-state index >= 15 is 0 Å². The molecule has 0 aromatic rings. The molecule has 5 heteroatoms. The van der Waals surface area contributed by atoms with Crippen molar-refractivity contribution in [3.05, 3.63) is 0 Å². The van der Waals surface area contributed by atoms with Crippen molar-refractivity contribution in [2.75, 3.05) is 13.2 Å². The Balaban J connectivity index is 2.99. The van der Waals surface area contributed by atoms with Gasteiger partial charge in [0, 0.05) is 0 Å². The number of halogens is 1. The lowest BCUT2D eigenvalue weighted by Gasteiger charge is -1.94. The van der Waals surface area contributed by atoms with Gasteiger partial charge in [0.1, 0.15) is 6.61 Å². The molecule has 48 valence electrons. The van der Waals surface area contributed by atoms with E-state index in [9.17, 15) is 4.79 Å². The summed E-state index contributed by atoms with van der Waals surface area (Å²) in [7, 11) is 5.41. The van der Waals surface area contributed by atoms with Crippen molar-refractivity contribution in [1.29, 1.82) is 0 Å². The van der Waals surface area contributed by atoms with E-state index in [1.807, 2.05) is 0 Å². The van der Waals surface area contributed by atoms with Crippen molar-refractivity contribution in [1.82, 2.24) is 0 Å². The van der Waals surface area contributed by atoms with E-state index in [1.165, 1.54) is 0 Å². The van der Waals surface area contributed by atoms with Crippen LogP contribution in [0.15, 0.2) is 0 Å². The number of hydrogen-bond acceptors (Lipinski definition) is 4. The molecule has 0 aromatic heterocycles. The standard InChI is InChI=1S/C3H5ClO3S/c4-8-3(6)7-2-1-5/h5H,1-2H2. The molecular weight excluding hydrogens is 152 g/mol. The minimum absolute atomic E-state index is 0.0125. The van der Waals surface area contributed by atoms with Gasteiger partial charge in [-0.25, -0.2) is 4.79 Å². The molecule has 0 saturated heterocycles. The van der Waals surface area contributed by atoms with Crippen LogP contribution in [-0.2, 0) is 4.74 Å². The van der Waals surface area contributed by atoms with Crippen molar-refractivity contribution in [2.45, 2.75) is 0 Å². The number of hydrogen-bond donors (Lipinski definition) is 1.